The molecule has 0 saturated carbocycles. The van der Waals surface area contributed by atoms with Gasteiger partial charge in [0.15, 0.2) is 0 Å². The van der Waals surface area contributed by atoms with Crippen molar-refractivity contribution in [2.45, 2.75) is 31.2 Å². The fourth-order valence-corrected chi connectivity index (χ4v) is 3.81. The second kappa shape index (κ2) is 6.04. The van der Waals surface area contributed by atoms with Crippen molar-refractivity contribution in [3.05, 3.63) is 48.0 Å². The van der Waals surface area contributed by atoms with Crippen molar-refractivity contribution >= 4 is 21.8 Å². The molecule has 3 aromatic rings. The molecule has 4 rings (SSSR count). The monoisotopic (exact) mass is 348 g/mol. The summed E-state index contributed by atoms with van der Waals surface area (Å²) in [5, 5.41) is 15.3. The summed E-state index contributed by atoms with van der Waals surface area (Å²) in [5.41, 5.74) is 0.925. The van der Waals surface area contributed by atoms with Crippen LogP contribution in [0.1, 0.15) is 24.4 Å². The number of hydrogen-bond donors (Lipinski definition) is 2. The molecule has 3 nitrogen and oxygen atoms in total. The Balaban J connectivity index is 1.99. The zero-order valence-electron chi connectivity index (χ0n) is 13.6. The van der Waals surface area contributed by atoms with Crippen LogP contribution in [0.5, 0.6) is 0 Å². The smallest absolute Gasteiger partial charge is 0.391 e. The Morgan fingerprint density at radius 1 is 1.04 bits per heavy atom. The SMILES string of the molecule is O[C@@H]1CCCNC[C@H]1n1c2ccccc2c2cc(C(F)(F)F)ccc21. The molecule has 1 aliphatic heterocycles. The first kappa shape index (κ1) is 16.4. The van der Waals surface area contributed by atoms with E-state index in [2.05, 4.69) is 5.32 Å². The molecule has 0 aliphatic carbocycles. The Kier molecular flexibility index (Phi) is 3.96. The molecule has 0 unspecified atom stereocenters. The van der Waals surface area contributed by atoms with Gasteiger partial charge in [-0.25, -0.2) is 0 Å². The van der Waals surface area contributed by atoms with Crippen molar-refractivity contribution in [2.75, 3.05) is 13.1 Å². The van der Waals surface area contributed by atoms with Gasteiger partial charge in [-0.1, -0.05) is 18.2 Å². The molecule has 2 heterocycles. The van der Waals surface area contributed by atoms with Crippen LogP contribution in [0.15, 0.2) is 42.5 Å². The number of alkyl halides is 3. The normalized spacial score (nSPS) is 22.4. The van der Waals surface area contributed by atoms with Crippen LogP contribution in [-0.4, -0.2) is 28.9 Å². The lowest BCUT2D eigenvalue weighted by atomic mass is 10.1. The zero-order valence-corrected chi connectivity index (χ0v) is 13.6. The van der Waals surface area contributed by atoms with Crippen LogP contribution in [0.3, 0.4) is 0 Å². The van der Waals surface area contributed by atoms with E-state index in [1.165, 1.54) is 12.1 Å². The maximum Gasteiger partial charge on any atom is 0.416 e. The minimum atomic E-state index is -4.37. The average molecular weight is 348 g/mol. The largest absolute Gasteiger partial charge is 0.416 e. The first-order chi connectivity index (χ1) is 12.0. The summed E-state index contributed by atoms with van der Waals surface area (Å²) in [4.78, 5) is 0. The Labute approximate surface area is 143 Å². The lowest BCUT2D eigenvalue weighted by molar-refractivity contribution is -0.137. The van der Waals surface area contributed by atoms with E-state index in [1.54, 1.807) is 0 Å². The van der Waals surface area contributed by atoms with E-state index in [1.807, 2.05) is 28.8 Å². The number of rotatable bonds is 1. The number of aromatic nitrogens is 1. The molecule has 6 heteroatoms. The molecule has 0 bridgehead atoms. The second-order valence-corrected chi connectivity index (χ2v) is 6.60. The van der Waals surface area contributed by atoms with E-state index < -0.39 is 17.8 Å². The number of nitrogens with one attached hydrogen (secondary N) is 1. The number of halogens is 3. The van der Waals surface area contributed by atoms with Crippen molar-refractivity contribution < 1.29 is 18.3 Å². The summed E-state index contributed by atoms with van der Waals surface area (Å²) >= 11 is 0. The third-order valence-corrected chi connectivity index (χ3v) is 5.02. The predicted molar refractivity (Wildman–Crippen MR) is 91.6 cm³/mol. The molecule has 1 saturated heterocycles. The van der Waals surface area contributed by atoms with Crippen LogP contribution in [0.2, 0.25) is 0 Å². The number of aliphatic hydroxyl groups is 1. The molecule has 0 radical (unpaired) electrons. The van der Waals surface area contributed by atoms with Gasteiger partial charge in [0.2, 0.25) is 0 Å². The maximum absolute atomic E-state index is 13.1. The van der Waals surface area contributed by atoms with Gasteiger partial charge in [-0.15, -0.1) is 0 Å². The van der Waals surface area contributed by atoms with Gasteiger partial charge < -0.3 is 15.0 Å². The fraction of sp³-hybridized carbons (Fsp3) is 0.368. The minimum absolute atomic E-state index is 0.207. The molecular weight excluding hydrogens is 329 g/mol. The third-order valence-electron chi connectivity index (χ3n) is 5.02. The van der Waals surface area contributed by atoms with Gasteiger partial charge in [0, 0.05) is 28.4 Å². The van der Waals surface area contributed by atoms with Gasteiger partial charge in [-0.2, -0.15) is 13.2 Å². The molecule has 1 fully saturated rings. The summed E-state index contributed by atoms with van der Waals surface area (Å²) in [6.07, 6.45) is -3.35. The minimum Gasteiger partial charge on any atom is -0.391 e. The van der Waals surface area contributed by atoms with Gasteiger partial charge in [0.1, 0.15) is 0 Å². The number of fused-ring (bicyclic) bond motifs is 3. The Bertz CT molecular complexity index is 916. The second-order valence-electron chi connectivity index (χ2n) is 6.60. The van der Waals surface area contributed by atoms with Crippen molar-refractivity contribution in [1.29, 1.82) is 0 Å². The standard InChI is InChI=1S/C19H19F3N2O/c20-19(21,22)12-7-8-16-14(10-12)13-4-1-2-5-15(13)24(16)17-11-23-9-3-6-18(17)25/h1-2,4-5,7-8,10,17-18,23,25H,3,6,9,11H2/t17-,18-/m1/s1. The summed E-state index contributed by atoms with van der Waals surface area (Å²) in [5.74, 6) is 0. The maximum atomic E-state index is 13.1. The molecular formula is C19H19F3N2O. The predicted octanol–water partition coefficient (Wildman–Crippen LogP) is 4.10. The summed E-state index contributed by atoms with van der Waals surface area (Å²) in [6, 6.07) is 11.1. The van der Waals surface area contributed by atoms with Gasteiger partial charge >= 0.3 is 6.18 Å². The molecule has 25 heavy (non-hydrogen) atoms. The molecule has 2 N–H and O–H groups in total. The highest BCUT2D eigenvalue weighted by Gasteiger charge is 2.32. The zero-order chi connectivity index (χ0) is 17.6. The highest BCUT2D eigenvalue weighted by molar-refractivity contribution is 6.08. The Morgan fingerprint density at radius 3 is 2.60 bits per heavy atom. The first-order valence-electron chi connectivity index (χ1n) is 8.45. The van der Waals surface area contributed by atoms with Gasteiger partial charge in [0.25, 0.3) is 0 Å². The lowest BCUT2D eigenvalue weighted by Crippen LogP contribution is -2.30. The summed E-state index contributed by atoms with van der Waals surface area (Å²) in [7, 11) is 0. The van der Waals surface area contributed by atoms with E-state index in [0.29, 0.717) is 18.4 Å². The van der Waals surface area contributed by atoms with E-state index >= 15 is 0 Å². The van der Waals surface area contributed by atoms with E-state index in [9.17, 15) is 18.3 Å². The van der Waals surface area contributed by atoms with Crippen LogP contribution in [0.25, 0.3) is 21.8 Å². The molecule has 132 valence electrons. The Morgan fingerprint density at radius 2 is 1.80 bits per heavy atom. The number of aliphatic hydroxyl groups excluding tert-OH is 1. The van der Waals surface area contributed by atoms with Crippen LogP contribution >= 0.6 is 0 Å². The van der Waals surface area contributed by atoms with E-state index in [4.69, 9.17) is 0 Å². The number of hydrogen-bond acceptors (Lipinski definition) is 2. The van der Waals surface area contributed by atoms with Crippen LogP contribution in [-0.2, 0) is 6.18 Å². The number of nitrogens with zero attached hydrogens (tertiary/aromatic N) is 1. The van der Waals surface area contributed by atoms with Crippen LogP contribution in [0.4, 0.5) is 13.2 Å². The summed E-state index contributed by atoms with van der Waals surface area (Å²) in [6.45, 7) is 1.43. The molecule has 2 atom stereocenters. The third kappa shape index (κ3) is 2.79. The van der Waals surface area contributed by atoms with E-state index in [-0.39, 0.29) is 6.04 Å². The molecule has 0 spiro atoms. The molecule has 2 aromatic carbocycles. The van der Waals surface area contributed by atoms with Crippen LogP contribution in [0, 0.1) is 0 Å². The van der Waals surface area contributed by atoms with Crippen molar-refractivity contribution in [3.63, 3.8) is 0 Å². The van der Waals surface area contributed by atoms with E-state index in [0.717, 1.165) is 35.5 Å². The highest BCUT2D eigenvalue weighted by Crippen LogP contribution is 2.37. The quantitative estimate of drug-likeness (QED) is 0.695. The summed E-state index contributed by atoms with van der Waals surface area (Å²) < 4.78 is 41.4. The average Bonchev–Trinajstić information content (AvgIpc) is 2.76. The Hall–Kier alpha value is -2.05. The first-order valence-corrected chi connectivity index (χ1v) is 8.45. The molecule has 1 aliphatic rings. The fourth-order valence-electron chi connectivity index (χ4n) is 3.81. The number of para-hydroxylation sites is 1. The molecule has 0 amide bonds. The lowest BCUT2D eigenvalue weighted by Gasteiger charge is -2.24. The van der Waals surface area contributed by atoms with Crippen LogP contribution < -0.4 is 5.32 Å². The van der Waals surface area contributed by atoms with Crippen molar-refractivity contribution in [3.8, 4) is 0 Å². The van der Waals surface area contributed by atoms with Gasteiger partial charge in [0.05, 0.1) is 17.7 Å². The highest BCUT2D eigenvalue weighted by atomic mass is 19.4. The van der Waals surface area contributed by atoms with Crippen molar-refractivity contribution in [2.24, 2.45) is 0 Å². The van der Waals surface area contributed by atoms with Crippen molar-refractivity contribution in [1.82, 2.24) is 9.88 Å². The topological polar surface area (TPSA) is 37.2 Å². The van der Waals surface area contributed by atoms with Gasteiger partial charge in [-0.3, -0.25) is 0 Å². The van der Waals surface area contributed by atoms with Gasteiger partial charge in [-0.05, 0) is 43.7 Å². The molecule has 1 aromatic heterocycles. The number of benzene rings is 2.